The van der Waals surface area contributed by atoms with Crippen LogP contribution in [0.5, 0.6) is 0 Å². The number of rotatable bonds is 7. The van der Waals surface area contributed by atoms with Gasteiger partial charge in [0.25, 0.3) is 0 Å². The Hall–Kier alpha value is -0.800. The lowest BCUT2D eigenvalue weighted by atomic mass is 9.88. The van der Waals surface area contributed by atoms with Crippen LogP contribution < -0.4 is 5.32 Å². The Morgan fingerprint density at radius 2 is 2.15 bits per heavy atom. The molecule has 2 unspecified atom stereocenters. The fourth-order valence-electron chi connectivity index (χ4n) is 2.85. The molecule has 114 valence electrons. The summed E-state index contributed by atoms with van der Waals surface area (Å²) in [6, 6.07) is 2.04. The maximum absolute atomic E-state index is 6.12. The summed E-state index contributed by atoms with van der Waals surface area (Å²) in [6.45, 7) is 9.23. The molecule has 0 saturated heterocycles. The second-order valence-corrected chi connectivity index (χ2v) is 6.50. The van der Waals surface area contributed by atoms with Crippen LogP contribution in [0, 0.1) is 11.8 Å². The minimum absolute atomic E-state index is 0.426. The van der Waals surface area contributed by atoms with Crippen molar-refractivity contribution in [3.8, 4) is 0 Å². The molecule has 1 heterocycles. The number of hydrogen-bond donors (Lipinski definition) is 1. The minimum atomic E-state index is 0.426. The van der Waals surface area contributed by atoms with Crippen molar-refractivity contribution in [1.29, 1.82) is 0 Å². The highest BCUT2D eigenvalue weighted by Crippen LogP contribution is 2.27. The first-order valence-electron chi connectivity index (χ1n) is 8.04. The van der Waals surface area contributed by atoms with E-state index in [1.807, 2.05) is 6.07 Å². The molecule has 1 aromatic rings. The van der Waals surface area contributed by atoms with Crippen LogP contribution in [0.3, 0.4) is 0 Å². The molecule has 0 bridgehead atoms. The fraction of sp³-hybridized carbons (Fsp3) is 0.765. The average Bonchev–Trinajstić information content (AvgIpc) is 2.85. The molecule has 0 aromatic carbocycles. The molecular weight excluding hydrogens is 250 g/mol. The van der Waals surface area contributed by atoms with E-state index in [4.69, 9.17) is 9.15 Å². The summed E-state index contributed by atoms with van der Waals surface area (Å²) in [5.74, 6) is 2.38. The van der Waals surface area contributed by atoms with Crippen molar-refractivity contribution >= 4 is 0 Å². The smallest absolute Gasteiger partial charge is 0.123 e. The third-order valence-corrected chi connectivity index (χ3v) is 4.16. The molecule has 1 aromatic heterocycles. The van der Waals surface area contributed by atoms with Crippen molar-refractivity contribution in [1.82, 2.24) is 5.32 Å². The standard InChI is InChI=1S/C17H29NO2/c1-13(2)10-18-11-17-15(8-9-19-17)12-20-16-7-5-4-6-14(16)3/h8-9,13-14,16,18H,4-7,10-12H2,1-3H3. The van der Waals surface area contributed by atoms with Gasteiger partial charge in [0, 0.05) is 5.56 Å². The zero-order valence-corrected chi connectivity index (χ0v) is 13.2. The highest BCUT2D eigenvalue weighted by molar-refractivity contribution is 5.15. The van der Waals surface area contributed by atoms with E-state index < -0.39 is 0 Å². The van der Waals surface area contributed by atoms with Gasteiger partial charge in [-0.1, -0.05) is 33.6 Å². The first-order chi connectivity index (χ1) is 9.66. The molecule has 0 spiro atoms. The molecule has 1 saturated carbocycles. The zero-order valence-electron chi connectivity index (χ0n) is 13.2. The lowest BCUT2D eigenvalue weighted by molar-refractivity contribution is -0.0160. The average molecular weight is 279 g/mol. The molecule has 0 radical (unpaired) electrons. The van der Waals surface area contributed by atoms with E-state index in [0.717, 1.165) is 18.8 Å². The summed E-state index contributed by atoms with van der Waals surface area (Å²) in [4.78, 5) is 0. The number of furan rings is 1. The topological polar surface area (TPSA) is 34.4 Å². The van der Waals surface area contributed by atoms with Crippen molar-refractivity contribution in [2.24, 2.45) is 11.8 Å². The Labute approximate surface area is 123 Å². The second kappa shape index (κ2) is 7.84. The maximum Gasteiger partial charge on any atom is 0.123 e. The van der Waals surface area contributed by atoms with E-state index >= 15 is 0 Å². The van der Waals surface area contributed by atoms with Gasteiger partial charge in [0.1, 0.15) is 5.76 Å². The first kappa shape index (κ1) is 15.6. The monoisotopic (exact) mass is 279 g/mol. The number of nitrogens with one attached hydrogen (secondary N) is 1. The SMILES string of the molecule is CC(C)CNCc1occc1COC1CCCCC1C. The van der Waals surface area contributed by atoms with Crippen LogP contribution >= 0.6 is 0 Å². The van der Waals surface area contributed by atoms with Crippen molar-refractivity contribution in [2.45, 2.75) is 65.7 Å². The van der Waals surface area contributed by atoms with Crippen LogP contribution in [-0.4, -0.2) is 12.6 Å². The molecule has 1 N–H and O–H groups in total. The molecule has 1 aliphatic carbocycles. The zero-order chi connectivity index (χ0) is 14.4. The maximum atomic E-state index is 6.12. The molecule has 3 heteroatoms. The second-order valence-electron chi connectivity index (χ2n) is 6.50. The summed E-state index contributed by atoms with van der Waals surface area (Å²) in [5, 5.41) is 3.43. The molecule has 20 heavy (non-hydrogen) atoms. The van der Waals surface area contributed by atoms with E-state index in [1.165, 1.54) is 31.2 Å². The third kappa shape index (κ3) is 4.64. The van der Waals surface area contributed by atoms with Crippen molar-refractivity contribution in [3.63, 3.8) is 0 Å². The highest BCUT2D eigenvalue weighted by atomic mass is 16.5. The predicted molar refractivity (Wildman–Crippen MR) is 81.5 cm³/mol. The van der Waals surface area contributed by atoms with Crippen molar-refractivity contribution < 1.29 is 9.15 Å². The Morgan fingerprint density at radius 1 is 1.35 bits per heavy atom. The van der Waals surface area contributed by atoms with Crippen LogP contribution in [-0.2, 0) is 17.9 Å². The third-order valence-electron chi connectivity index (χ3n) is 4.16. The lowest BCUT2D eigenvalue weighted by Crippen LogP contribution is -2.25. The number of ether oxygens (including phenoxy) is 1. The van der Waals surface area contributed by atoms with Crippen LogP contribution in [0.2, 0.25) is 0 Å². The normalized spacial score (nSPS) is 23.4. The van der Waals surface area contributed by atoms with Crippen LogP contribution in [0.1, 0.15) is 57.8 Å². The molecular formula is C17H29NO2. The summed E-state index contributed by atoms with van der Waals surface area (Å²) in [5.41, 5.74) is 1.19. The minimum Gasteiger partial charge on any atom is -0.468 e. The first-order valence-corrected chi connectivity index (χ1v) is 8.04. The van der Waals surface area contributed by atoms with E-state index in [0.29, 0.717) is 24.5 Å². The summed E-state index contributed by atoms with van der Waals surface area (Å²) in [6.07, 6.45) is 7.38. The van der Waals surface area contributed by atoms with Gasteiger partial charge in [-0.2, -0.15) is 0 Å². The Kier molecular flexibility index (Phi) is 6.11. The van der Waals surface area contributed by atoms with Gasteiger partial charge < -0.3 is 14.5 Å². The summed E-state index contributed by atoms with van der Waals surface area (Å²) >= 11 is 0. The van der Waals surface area contributed by atoms with Gasteiger partial charge >= 0.3 is 0 Å². The van der Waals surface area contributed by atoms with Gasteiger partial charge in [-0.25, -0.2) is 0 Å². The van der Waals surface area contributed by atoms with Crippen molar-refractivity contribution in [3.05, 3.63) is 23.7 Å². The van der Waals surface area contributed by atoms with Gasteiger partial charge in [-0.15, -0.1) is 0 Å². The van der Waals surface area contributed by atoms with Gasteiger partial charge in [-0.05, 0) is 37.3 Å². The number of hydrogen-bond acceptors (Lipinski definition) is 3. The molecule has 1 aliphatic rings. The fourth-order valence-corrected chi connectivity index (χ4v) is 2.85. The van der Waals surface area contributed by atoms with E-state index in [2.05, 4.69) is 26.1 Å². The molecule has 3 nitrogen and oxygen atoms in total. The van der Waals surface area contributed by atoms with E-state index in [-0.39, 0.29) is 0 Å². The van der Waals surface area contributed by atoms with Gasteiger partial charge in [0.2, 0.25) is 0 Å². The van der Waals surface area contributed by atoms with Crippen LogP contribution in [0.4, 0.5) is 0 Å². The summed E-state index contributed by atoms with van der Waals surface area (Å²) in [7, 11) is 0. The Bertz CT molecular complexity index is 386. The van der Waals surface area contributed by atoms with Gasteiger partial charge in [0.15, 0.2) is 0 Å². The largest absolute Gasteiger partial charge is 0.468 e. The molecule has 2 atom stereocenters. The Morgan fingerprint density at radius 3 is 2.90 bits per heavy atom. The Balaban J connectivity index is 1.79. The lowest BCUT2D eigenvalue weighted by Gasteiger charge is -2.28. The molecule has 1 fully saturated rings. The molecule has 0 amide bonds. The van der Waals surface area contributed by atoms with Gasteiger partial charge in [-0.3, -0.25) is 0 Å². The predicted octanol–water partition coefficient (Wildman–Crippen LogP) is 4.12. The molecule has 0 aliphatic heterocycles. The van der Waals surface area contributed by atoms with Crippen molar-refractivity contribution in [2.75, 3.05) is 6.54 Å². The van der Waals surface area contributed by atoms with Crippen LogP contribution in [0.15, 0.2) is 16.7 Å². The summed E-state index contributed by atoms with van der Waals surface area (Å²) < 4.78 is 11.7. The molecule has 2 rings (SSSR count). The van der Waals surface area contributed by atoms with E-state index in [9.17, 15) is 0 Å². The van der Waals surface area contributed by atoms with E-state index in [1.54, 1.807) is 6.26 Å². The quantitative estimate of drug-likeness (QED) is 0.815. The van der Waals surface area contributed by atoms with Crippen LogP contribution in [0.25, 0.3) is 0 Å². The van der Waals surface area contributed by atoms with Gasteiger partial charge in [0.05, 0.1) is 25.5 Å². The highest BCUT2D eigenvalue weighted by Gasteiger charge is 2.22.